The fraction of sp³-hybridized carbons (Fsp3) is 0.529. The van der Waals surface area contributed by atoms with Gasteiger partial charge in [0, 0.05) is 31.4 Å². The maximum Gasteiger partial charge on any atom is 0.0401 e. The lowest BCUT2D eigenvalue weighted by Crippen LogP contribution is -2.37. The zero-order valence-electron chi connectivity index (χ0n) is 11.9. The van der Waals surface area contributed by atoms with Gasteiger partial charge in [-0.15, -0.1) is 0 Å². The number of hydrogen-bond acceptors (Lipinski definition) is 2. The lowest BCUT2D eigenvalue weighted by molar-refractivity contribution is 0.538. The molecule has 19 heavy (non-hydrogen) atoms. The van der Waals surface area contributed by atoms with E-state index >= 15 is 0 Å². The first-order valence-electron chi connectivity index (χ1n) is 7.45. The average Bonchev–Trinajstić information content (AvgIpc) is 3.20. The Balaban J connectivity index is 1.64. The third-order valence-electron chi connectivity index (χ3n) is 4.07. The average molecular weight is 256 g/mol. The number of anilines is 1. The Morgan fingerprint density at radius 3 is 2.95 bits per heavy atom. The summed E-state index contributed by atoms with van der Waals surface area (Å²) in [6, 6.07) is 9.58. The van der Waals surface area contributed by atoms with Gasteiger partial charge in [-0.25, -0.2) is 0 Å². The van der Waals surface area contributed by atoms with Gasteiger partial charge < -0.3 is 10.2 Å². The van der Waals surface area contributed by atoms with Gasteiger partial charge in [0.2, 0.25) is 0 Å². The zero-order valence-corrected chi connectivity index (χ0v) is 11.9. The molecule has 1 fully saturated rings. The molecule has 1 aromatic carbocycles. The van der Waals surface area contributed by atoms with Gasteiger partial charge in [-0.05, 0) is 42.4 Å². The standard InChI is InChI=1S/C17H24N2/c1-13-9-15-5-3-4-6-17(15)19(11-13)12-14(2)10-18-16-7-8-16/h3-6,13,16,18H,2,7-12H2,1H3. The predicted molar refractivity (Wildman–Crippen MR) is 81.7 cm³/mol. The van der Waals surface area contributed by atoms with Gasteiger partial charge in [0.25, 0.3) is 0 Å². The maximum absolute atomic E-state index is 4.24. The van der Waals surface area contributed by atoms with Crippen LogP contribution in [0.4, 0.5) is 5.69 Å². The number of benzene rings is 1. The van der Waals surface area contributed by atoms with Crippen LogP contribution >= 0.6 is 0 Å². The molecule has 1 aliphatic heterocycles. The first kappa shape index (κ1) is 12.7. The fourth-order valence-electron chi connectivity index (χ4n) is 2.96. The molecule has 3 rings (SSSR count). The first-order valence-corrected chi connectivity index (χ1v) is 7.45. The number of nitrogens with one attached hydrogen (secondary N) is 1. The Kier molecular flexibility index (Phi) is 3.61. The highest BCUT2D eigenvalue weighted by Crippen LogP contribution is 2.29. The normalized spacial score (nSPS) is 22.2. The van der Waals surface area contributed by atoms with Crippen LogP contribution in [0.5, 0.6) is 0 Å². The van der Waals surface area contributed by atoms with E-state index in [-0.39, 0.29) is 0 Å². The molecule has 0 bridgehead atoms. The van der Waals surface area contributed by atoms with Crippen molar-refractivity contribution in [1.29, 1.82) is 0 Å². The monoisotopic (exact) mass is 256 g/mol. The molecule has 2 heteroatoms. The molecule has 1 unspecified atom stereocenters. The molecular formula is C17H24N2. The lowest BCUT2D eigenvalue weighted by Gasteiger charge is -2.35. The largest absolute Gasteiger partial charge is 0.367 e. The van der Waals surface area contributed by atoms with E-state index in [1.165, 1.54) is 36.1 Å². The number of nitrogens with zero attached hydrogens (tertiary/aromatic N) is 1. The minimum atomic E-state index is 0.735. The van der Waals surface area contributed by atoms with Crippen LogP contribution in [-0.2, 0) is 6.42 Å². The lowest BCUT2D eigenvalue weighted by atomic mass is 9.93. The summed E-state index contributed by atoms with van der Waals surface area (Å²) in [6.45, 7) is 9.69. The molecule has 0 aromatic heterocycles. The molecule has 1 aliphatic carbocycles. The molecule has 102 valence electrons. The second-order valence-corrected chi connectivity index (χ2v) is 6.22. The summed E-state index contributed by atoms with van der Waals surface area (Å²) in [7, 11) is 0. The number of fused-ring (bicyclic) bond motifs is 1. The molecule has 0 radical (unpaired) electrons. The van der Waals surface area contributed by atoms with Crippen molar-refractivity contribution in [1.82, 2.24) is 5.32 Å². The van der Waals surface area contributed by atoms with E-state index in [0.717, 1.165) is 31.6 Å². The van der Waals surface area contributed by atoms with E-state index in [1.54, 1.807) is 0 Å². The van der Waals surface area contributed by atoms with Crippen molar-refractivity contribution in [3.8, 4) is 0 Å². The van der Waals surface area contributed by atoms with Crippen molar-refractivity contribution in [2.24, 2.45) is 5.92 Å². The zero-order chi connectivity index (χ0) is 13.2. The minimum Gasteiger partial charge on any atom is -0.367 e. The Morgan fingerprint density at radius 1 is 1.37 bits per heavy atom. The van der Waals surface area contributed by atoms with Crippen LogP contribution in [0.1, 0.15) is 25.3 Å². The Morgan fingerprint density at radius 2 is 2.16 bits per heavy atom. The summed E-state index contributed by atoms with van der Waals surface area (Å²) in [5.41, 5.74) is 4.20. The van der Waals surface area contributed by atoms with Gasteiger partial charge in [-0.1, -0.05) is 31.7 Å². The summed E-state index contributed by atoms with van der Waals surface area (Å²) in [4.78, 5) is 2.50. The number of hydrogen-bond donors (Lipinski definition) is 1. The van der Waals surface area contributed by atoms with Crippen LogP contribution in [0.15, 0.2) is 36.4 Å². The van der Waals surface area contributed by atoms with Gasteiger partial charge in [-0.3, -0.25) is 0 Å². The Labute approximate surface area is 116 Å². The van der Waals surface area contributed by atoms with Gasteiger partial charge in [0.05, 0.1) is 0 Å². The molecule has 2 aliphatic rings. The summed E-state index contributed by atoms with van der Waals surface area (Å²) >= 11 is 0. The van der Waals surface area contributed by atoms with Crippen LogP contribution in [0, 0.1) is 5.92 Å². The summed E-state index contributed by atoms with van der Waals surface area (Å²) < 4.78 is 0. The third-order valence-corrected chi connectivity index (χ3v) is 4.07. The van der Waals surface area contributed by atoms with E-state index in [0.29, 0.717) is 0 Å². The molecule has 1 aromatic rings. The van der Waals surface area contributed by atoms with Crippen molar-refractivity contribution in [3.63, 3.8) is 0 Å². The molecule has 0 spiro atoms. The van der Waals surface area contributed by atoms with E-state index in [2.05, 4.69) is 48.0 Å². The van der Waals surface area contributed by atoms with Crippen LogP contribution < -0.4 is 10.2 Å². The molecule has 1 saturated carbocycles. The predicted octanol–water partition coefficient (Wildman–Crippen LogP) is 2.99. The molecule has 1 N–H and O–H groups in total. The van der Waals surface area contributed by atoms with Crippen molar-refractivity contribution in [2.45, 2.75) is 32.2 Å². The molecule has 1 heterocycles. The van der Waals surface area contributed by atoms with Gasteiger partial charge in [0.15, 0.2) is 0 Å². The Bertz CT molecular complexity index is 462. The minimum absolute atomic E-state index is 0.735. The second kappa shape index (κ2) is 5.38. The Hall–Kier alpha value is -1.28. The van der Waals surface area contributed by atoms with Crippen molar-refractivity contribution >= 4 is 5.69 Å². The SMILES string of the molecule is C=C(CNC1CC1)CN1CC(C)Cc2ccccc21. The van der Waals surface area contributed by atoms with Crippen molar-refractivity contribution in [2.75, 3.05) is 24.5 Å². The fourth-order valence-corrected chi connectivity index (χ4v) is 2.96. The number of para-hydroxylation sites is 1. The second-order valence-electron chi connectivity index (χ2n) is 6.22. The van der Waals surface area contributed by atoms with E-state index in [4.69, 9.17) is 0 Å². The molecular weight excluding hydrogens is 232 g/mol. The van der Waals surface area contributed by atoms with Crippen molar-refractivity contribution < 1.29 is 0 Å². The maximum atomic E-state index is 4.24. The highest BCUT2D eigenvalue weighted by Gasteiger charge is 2.23. The molecule has 2 nitrogen and oxygen atoms in total. The van der Waals surface area contributed by atoms with Crippen LogP contribution in [0.3, 0.4) is 0 Å². The summed E-state index contributed by atoms with van der Waals surface area (Å²) in [5, 5.41) is 3.55. The molecule has 0 amide bonds. The van der Waals surface area contributed by atoms with E-state index in [9.17, 15) is 0 Å². The quantitative estimate of drug-likeness (QED) is 0.815. The molecule has 0 saturated heterocycles. The molecule has 1 atom stereocenters. The van der Waals surface area contributed by atoms with Crippen molar-refractivity contribution in [3.05, 3.63) is 42.0 Å². The first-order chi connectivity index (χ1) is 9.22. The highest BCUT2D eigenvalue weighted by molar-refractivity contribution is 5.56. The van der Waals surface area contributed by atoms with E-state index < -0.39 is 0 Å². The summed E-state index contributed by atoms with van der Waals surface area (Å²) in [5.74, 6) is 0.735. The third kappa shape index (κ3) is 3.19. The highest BCUT2D eigenvalue weighted by atomic mass is 15.1. The van der Waals surface area contributed by atoms with Gasteiger partial charge in [-0.2, -0.15) is 0 Å². The topological polar surface area (TPSA) is 15.3 Å². The van der Waals surface area contributed by atoms with E-state index in [1.807, 2.05) is 0 Å². The van der Waals surface area contributed by atoms with Crippen LogP contribution in [0.25, 0.3) is 0 Å². The van der Waals surface area contributed by atoms with Crippen LogP contribution in [0.2, 0.25) is 0 Å². The smallest absolute Gasteiger partial charge is 0.0401 e. The number of rotatable bonds is 5. The summed E-state index contributed by atoms with van der Waals surface area (Å²) in [6.07, 6.45) is 3.90. The van der Waals surface area contributed by atoms with Gasteiger partial charge in [0.1, 0.15) is 0 Å². The van der Waals surface area contributed by atoms with Gasteiger partial charge >= 0.3 is 0 Å². The van der Waals surface area contributed by atoms with Crippen LogP contribution in [-0.4, -0.2) is 25.7 Å².